The van der Waals surface area contributed by atoms with Crippen LogP contribution in [0.2, 0.25) is 0 Å². The molecule has 0 atom stereocenters. The van der Waals surface area contributed by atoms with Gasteiger partial charge in [0.05, 0.1) is 11.4 Å². The minimum Gasteiger partial charge on any atom is -0.476 e. The average molecular weight is 371 g/mol. The number of hydrogen-bond acceptors (Lipinski definition) is 6. The summed E-state index contributed by atoms with van der Waals surface area (Å²) in [6.45, 7) is 0.745. The molecule has 6 N–H and O–H groups in total. The van der Waals surface area contributed by atoms with Gasteiger partial charge in [-0.2, -0.15) is 0 Å². The van der Waals surface area contributed by atoms with Crippen LogP contribution in [0.4, 0.5) is 11.4 Å². The van der Waals surface area contributed by atoms with Gasteiger partial charge < -0.3 is 21.9 Å². The van der Waals surface area contributed by atoms with E-state index in [9.17, 15) is 9.59 Å². The highest BCUT2D eigenvalue weighted by Gasteiger charge is 2.16. The van der Waals surface area contributed by atoms with Gasteiger partial charge in [-0.25, -0.2) is 14.8 Å². The Balaban J connectivity index is 0.000000223. The van der Waals surface area contributed by atoms with E-state index in [0.717, 1.165) is 6.54 Å². The normalized spacial score (nSPS) is 13.9. The molecule has 0 aliphatic heterocycles. The Kier molecular flexibility index (Phi) is 7.54. The Morgan fingerprint density at radius 1 is 1.00 bits per heavy atom. The highest BCUT2D eigenvalue weighted by atomic mass is 16.4. The molecule has 1 amide bonds. The summed E-state index contributed by atoms with van der Waals surface area (Å²) in [5.74, 6) is -0.635. The topological polar surface area (TPSA) is 144 Å². The van der Waals surface area contributed by atoms with Crippen molar-refractivity contribution >= 4 is 23.3 Å². The van der Waals surface area contributed by atoms with Gasteiger partial charge in [0.1, 0.15) is 0 Å². The number of carbonyl (C=O) groups is 2. The molecule has 0 radical (unpaired) electrons. The van der Waals surface area contributed by atoms with Crippen LogP contribution in [0.1, 0.15) is 53.1 Å². The molecule has 2 heterocycles. The highest BCUT2D eigenvalue weighted by molar-refractivity contribution is 5.97. The molecule has 1 aliphatic carbocycles. The molecule has 8 nitrogen and oxygen atoms in total. The van der Waals surface area contributed by atoms with Crippen molar-refractivity contribution < 1.29 is 14.7 Å². The van der Waals surface area contributed by atoms with Gasteiger partial charge in [-0.1, -0.05) is 19.3 Å². The Hall–Kier alpha value is -3.16. The number of nitrogens with zero attached hydrogens (tertiary/aromatic N) is 2. The number of carbonyl (C=O) groups excluding carboxylic acids is 1. The maximum Gasteiger partial charge on any atom is 0.356 e. The zero-order valence-electron chi connectivity index (χ0n) is 15.1. The second-order valence-electron chi connectivity index (χ2n) is 6.40. The van der Waals surface area contributed by atoms with E-state index in [1.165, 1.54) is 44.4 Å². The molecule has 1 saturated carbocycles. The number of hydrogen-bond donors (Lipinski definition) is 4. The smallest absolute Gasteiger partial charge is 0.356 e. The van der Waals surface area contributed by atoms with E-state index in [-0.39, 0.29) is 17.3 Å². The first-order valence-corrected chi connectivity index (χ1v) is 8.91. The third kappa shape index (κ3) is 6.25. The summed E-state index contributed by atoms with van der Waals surface area (Å²) in [7, 11) is 0. The summed E-state index contributed by atoms with van der Waals surface area (Å²) in [6, 6.07) is 6.51. The molecule has 2 aromatic rings. The van der Waals surface area contributed by atoms with E-state index in [1.807, 2.05) is 0 Å². The van der Waals surface area contributed by atoms with Crippen LogP contribution in [0, 0.1) is 5.92 Å². The van der Waals surface area contributed by atoms with Crippen LogP contribution in [0.3, 0.4) is 0 Å². The second kappa shape index (κ2) is 10.1. The third-order valence-electron chi connectivity index (χ3n) is 4.37. The standard InChI is InChI=1S/C13H19N3O.C6H6N2O2/c14-11-7-4-8-15-12(11)13(17)16-9-10-5-2-1-3-6-10;7-4-2-1-3-8-5(4)6(9)10/h4,7-8,10H,1-3,5-6,9,14H2,(H,16,17);1-3H,7H2,(H,9,10). The van der Waals surface area contributed by atoms with Crippen LogP contribution < -0.4 is 16.8 Å². The maximum absolute atomic E-state index is 11.9. The van der Waals surface area contributed by atoms with Gasteiger partial charge >= 0.3 is 5.97 Å². The van der Waals surface area contributed by atoms with Crippen molar-refractivity contribution in [3.63, 3.8) is 0 Å². The molecule has 0 spiro atoms. The lowest BCUT2D eigenvalue weighted by Gasteiger charge is -2.21. The number of aromatic nitrogens is 2. The maximum atomic E-state index is 11.9. The number of amides is 1. The van der Waals surface area contributed by atoms with Crippen molar-refractivity contribution in [2.45, 2.75) is 32.1 Å². The van der Waals surface area contributed by atoms with Crippen molar-refractivity contribution in [3.8, 4) is 0 Å². The number of pyridine rings is 2. The third-order valence-corrected chi connectivity index (χ3v) is 4.37. The lowest BCUT2D eigenvalue weighted by atomic mass is 9.89. The van der Waals surface area contributed by atoms with Gasteiger partial charge in [0.25, 0.3) is 5.91 Å². The van der Waals surface area contributed by atoms with Crippen LogP contribution in [-0.2, 0) is 0 Å². The number of carboxylic acids is 1. The summed E-state index contributed by atoms with van der Waals surface area (Å²) < 4.78 is 0. The fraction of sp³-hybridized carbons (Fsp3) is 0.368. The number of carboxylic acid groups (broad SMARTS) is 1. The van der Waals surface area contributed by atoms with Crippen molar-refractivity contribution in [1.82, 2.24) is 15.3 Å². The van der Waals surface area contributed by atoms with Gasteiger partial charge in [0.15, 0.2) is 11.4 Å². The van der Waals surface area contributed by atoms with Gasteiger partial charge in [0, 0.05) is 18.9 Å². The molecule has 0 unspecified atom stereocenters. The number of nitrogen functional groups attached to an aromatic ring is 2. The number of rotatable bonds is 4. The van der Waals surface area contributed by atoms with Crippen LogP contribution in [0.5, 0.6) is 0 Å². The predicted molar refractivity (Wildman–Crippen MR) is 103 cm³/mol. The number of nitrogens with one attached hydrogen (secondary N) is 1. The van der Waals surface area contributed by atoms with Gasteiger partial charge in [0.2, 0.25) is 0 Å². The average Bonchev–Trinajstić information content (AvgIpc) is 2.68. The van der Waals surface area contributed by atoms with Crippen LogP contribution in [-0.4, -0.2) is 33.5 Å². The summed E-state index contributed by atoms with van der Waals surface area (Å²) in [5.41, 5.74) is 11.9. The SMILES string of the molecule is Nc1cccnc1C(=O)NCC1CCCCC1.Nc1cccnc1C(=O)O. The van der Waals surface area contributed by atoms with E-state index in [2.05, 4.69) is 15.3 Å². The van der Waals surface area contributed by atoms with E-state index in [0.29, 0.717) is 17.3 Å². The quantitative estimate of drug-likeness (QED) is 0.645. The van der Waals surface area contributed by atoms with Crippen LogP contribution in [0.25, 0.3) is 0 Å². The molecule has 1 aliphatic rings. The van der Waals surface area contributed by atoms with E-state index in [1.54, 1.807) is 24.4 Å². The van der Waals surface area contributed by atoms with Gasteiger partial charge in [-0.15, -0.1) is 0 Å². The fourth-order valence-corrected chi connectivity index (χ4v) is 2.92. The summed E-state index contributed by atoms with van der Waals surface area (Å²) in [6.07, 6.45) is 9.32. The summed E-state index contributed by atoms with van der Waals surface area (Å²) in [4.78, 5) is 29.7. The molecule has 27 heavy (non-hydrogen) atoms. The van der Waals surface area contributed by atoms with Gasteiger partial charge in [-0.3, -0.25) is 4.79 Å². The molecule has 0 bridgehead atoms. The number of nitrogens with two attached hydrogens (primary N) is 2. The van der Waals surface area contributed by atoms with E-state index in [4.69, 9.17) is 16.6 Å². The predicted octanol–water partition coefficient (Wildman–Crippen LogP) is 2.34. The molecule has 2 aromatic heterocycles. The Bertz CT molecular complexity index is 775. The lowest BCUT2D eigenvalue weighted by molar-refractivity contribution is 0.0691. The van der Waals surface area contributed by atoms with E-state index >= 15 is 0 Å². The van der Waals surface area contributed by atoms with Crippen molar-refractivity contribution in [3.05, 3.63) is 48.0 Å². The van der Waals surface area contributed by atoms with E-state index < -0.39 is 5.97 Å². The first kappa shape index (κ1) is 20.2. The van der Waals surface area contributed by atoms with Crippen LogP contribution in [0.15, 0.2) is 36.7 Å². The second-order valence-corrected chi connectivity index (χ2v) is 6.40. The Morgan fingerprint density at radius 2 is 1.56 bits per heavy atom. The van der Waals surface area contributed by atoms with Crippen molar-refractivity contribution in [2.24, 2.45) is 5.92 Å². The van der Waals surface area contributed by atoms with Gasteiger partial charge in [-0.05, 0) is 43.0 Å². The zero-order chi connectivity index (χ0) is 19.6. The monoisotopic (exact) mass is 371 g/mol. The summed E-state index contributed by atoms with van der Waals surface area (Å²) in [5, 5.41) is 11.4. The lowest BCUT2D eigenvalue weighted by Crippen LogP contribution is -2.31. The number of anilines is 2. The first-order valence-electron chi connectivity index (χ1n) is 8.91. The minimum absolute atomic E-state index is 0.0949. The molecule has 0 aromatic carbocycles. The van der Waals surface area contributed by atoms with Crippen molar-refractivity contribution in [2.75, 3.05) is 18.0 Å². The number of aromatic carboxylic acids is 1. The molecular formula is C19H25N5O3. The largest absolute Gasteiger partial charge is 0.476 e. The Labute approximate surface area is 158 Å². The minimum atomic E-state index is -1.10. The molecule has 144 valence electrons. The molecular weight excluding hydrogens is 346 g/mol. The fourth-order valence-electron chi connectivity index (χ4n) is 2.92. The van der Waals surface area contributed by atoms with Crippen LogP contribution >= 0.6 is 0 Å². The highest BCUT2D eigenvalue weighted by Crippen LogP contribution is 2.22. The molecule has 1 fully saturated rings. The molecule has 3 rings (SSSR count). The molecule has 8 heteroatoms. The zero-order valence-corrected chi connectivity index (χ0v) is 15.1. The summed E-state index contributed by atoms with van der Waals surface area (Å²) >= 11 is 0. The Morgan fingerprint density at radius 3 is 2.04 bits per heavy atom. The van der Waals surface area contributed by atoms with Crippen molar-refractivity contribution in [1.29, 1.82) is 0 Å². The molecule has 0 saturated heterocycles. The first-order chi connectivity index (χ1) is 13.0.